The fourth-order valence-electron chi connectivity index (χ4n) is 2.86. The van der Waals surface area contributed by atoms with E-state index in [2.05, 4.69) is 16.0 Å². The molecule has 1 amide bonds. The van der Waals surface area contributed by atoms with Gasteiger partial charge in [0.05, 0.1) is 18.4 Å². The molecule has 3 N–H and O–H groups in total. The standard InChI is InChI=1S/C19H23N3O2.ClH/c1-24-16-10-8-14(9-11-16)21-18-7-3-2-6-17(18)19(23)22-15-5-4-12-20-13-15;/h2-3,6-11,15,20-21H,4-5,12-13H2,1H3,(H,22,23);1H. The number of carbonyl (C=O) groups is 1. The Hall–Kier alpha value is -2.24. The summed E-state index contributed by atoms with van der Waals surface area (Å²) in [6.45, 7) is 1.86. The van der Waals surface area contributed by atoms with Gasteiger partial charge in [-0.15, -0.1) is 12.4 Å². The van der Waals surface area contributed by atoms with Gasteiger partial charge in [-0.2, -0.15) is 0 Å². The van der Waals surface area contributed by atoms with Gasteiger partial charge >= 0.3 is 0 Å². The third-order valence-corrected chi connectivity index (χ3v) is 4.17. The minimum Gasteiger partial charge on any atom is -0.497 e. The third kappa shape index (κ3) is 5.11. The van der Waals surface area contributed by atoms with E-state index in [4.69, 9.17) is 4.74 Å². The molecule has 0 radical (unpaired) electrons. The molecular formula is C19H24ClN3O2. The molecule has 5 nitrogen and oxygen atoms in total. The van der Waals surface area contributed by atoms with Crippen molar-refractivity contribution >= 4 is 29.7 Å². The predicted octanol–water partition coefficient (Wildman–Crippen LogP) is 3.34. The number of amides is 1. The summed E-state index contributed by atoms with van der Waals surface area (Å²) in [7, 11) is 1.64. The van der Waals surface area contributed by atoms with Crippen LogP contribution >= 0.6 is 12.4 Å². The molecule has 1 aliphatic heterocycles. The molecular weight excluding hydrogens is 338 g/mol. The van der Waals surface area contributed by atoms with E-state index in [1.54, 1.807) is 7.11 Å². The summed E-state index contributed by atoms with van der Waals surface area (Å²) < 4.78 is 5.17. The van der Waals surface area contributed by atoms with E-state index in [-0.39, 0.29) is 24.4 Å². The van der Waals surface area contributed by atoms with Crippen molar-refractivity contribution in [2.24, 2.45) is 0 Å². The Bertz CT molecular complexity index is 685. The topological polar surface area (TPSA) is 62.4 Å². The van der Waals surface area contributed by atoms with E-state index < -0.39 is 0 Å². The van der Waals surface area contributed by atoms with Gasteiger partial charge in [-0.1, -0.05) is 12.1 Å². The highest BCUT2D eigenvalue weighted by atomic mass is 35.5. The van der Waals surface area contributed by atoms with Crippen LogP contribution in [0.2, 0.25) is 0 Å². The van der Waals surface area contributed by atoms with Crippen molar-refractivity contribution in [1.29, 1.82) is 0 Å². The number of ether oxygens (including phenoxy) is 1. The van der Waals surface area contributed by atoms with E-state index in [0.717, 1.165) is 43.1 Å². The van der Waals surface area contributed by atoms with Gasteiger partial charge in [-0.05, 0) is 55.8 Å². The normalized spacial score (nSPS) is 16.4. The van der Waals surface area contributed by atoms with Crippen LogP contribution in [0, 0.1) is 0 Å². The zero-order valence-electron chi connectivity index (χ0n) is 14.2. The molecule has 1 heterocycles. The number of benzene rings is 2. The number of para-hydroxylation sites is 1. The Morgan fingerprint density at radius 1 is 1.16 bits per heavy atom. The van der Waals surface area contributed by atoms with Crippen molar-refractivity contribution in [3.63, 3.8) is 0 Å². The minimum atomic E-state index is -0.0414. The summed E-state index contributed by atoms with van der Waals surface area (Å²) in [6, 6.07) is 15.4. The molecule has 2 aromatic carbocycles. The van der Waals surface area contributed by atoms with Crippen LogP contribution in [0.4, 0.5) is 11.4 Å². The van der Waals surface area contributed by atoms with E-state index in [0.29, 0.717) is 5.56 Å². The summed E-state index contributed by atoms with van der Waals surface area (Å²) in [5.41, 5.74) is 2.36. The fourth-order valence-corrected chi connectivity index (χ4v) is 2.86. The van der Waals surface area contributed by atoms with Crippen LogP contribution in [0.15, 0.2) is 48.5 Å². The quantitative estimate of drug-likeness (QED) is 0.764. The number of hydrogen-bond acceptors (Lipinski definition) is 4. The maximum atomic E-state index is 12.6. The largest absolute Gasteiger partial charge is 0.497 e. The van der Waals surface area contributed by atoms with Crippen molar-refractivity contribution in [3.8, 4) is 5.75 Å². The summed E-state index contributed by atoms with van der Waals surface area (Å²) >= 11 is 0. The Morgan fingerprint density at radius 2 is 1.92 bits per heavy atom. The first kappa shape index (κ1) is 19.1. The minimum absolute atomic E-state index is 0. The molecule has 1 atom stereocenters. The lowest BCUT2D eigenvalue weighted by Crippen LogP contribution is -2.45. The zero-order valence-corrected chi connectivity index (χ0v) is 15.1. The van der Waals surface area contributed by atoms with Crippen LogP contribution in [0.5, 0.6) is 5.75 Å². The van der Waals surface area contributed by atoms with Gasteiger partial charge in [0, 0.05) is 18.3 Å². The molecule has 0 bridgehead atoms. The summed E-state index contributed by atoms with van der Waals surface area (Å²) in [5, 5.41) is 9.74. The molecule has 25 heavy (non-hydrogen) atoms. The number of rotatable bonds is 5. The van der Waals surface area contributed by atoms with Gasteiger partial charge in [0.2, 0.25) is 0 Å². The summed E-state index contributed by atoms with van der Waals surface area (Å²) in [5.74, 6) is 0.761. The molecule has 134 valence electrons. The average molecular weight is 362 g/mol. The summed E-state index contributed by atoms with van der Waals surface area (Å²) in [4.78, 5) is 12.6. The highest BCUT2D eigenvalue weighted by Gasteiger charge is 2.18. The van der Waals surface area contributed by atoms with Gasteiger partial charge in [0.15, 0.2) is 0 Å². The molecule has 3 rings (SSSR count). The van der Waals surface area contributed by atoms with Gasteiger partial charge < -0.3 is 20.7 Å². The van der Waals surface area contributed by atoms with Crippen molar-refractivity contribution in [3.05, 3.63) is 54.1 Å². The van der Waals surface area contributed by atoms with Crippen molar-refractivity contribution in [2.45, 2.75) is 18.9 Å². The first-order chi connectivity index (χ1) is 11.8. The second-order valence-corrected chi connectivity index (χ2v) is 5.92. The Balaban J connectivity index is 0.00000225. The first-order valence-corrected chi connectivity index (χ1v) is 8.28. The molecule has 2 aromatic rings. The van der Waals surface area contributed by atoms with E-state index in [1.165, 1.54) is 0 Å². The smallest absolute Gasteiger partial charge is 0.253 e. The van der Waals surface area contributed by atoms with Crippen LogP contribution in [0.1, 0.15) is 23.2 Å². The number of piperidine rings is 1. The molecule has 1 fully saturated rings. The zero-order chi connectivity index (χ0) is 16.8. The lowest BCUT2D eigenvalue weighted by atomic mass is 10.1. The highest BCUT2D eigenvalue weighted by Crippen LogP contribution is 2.23. The maximum absolute atomic E-state index is 12.6. The summed E-state index contributed by atoms with van der Waals surface area (Å²) in [6.07, 6.45) is 2.11. The first-order valence-electron chi connectivity index (χ1n) is 8.28. The van der Waals surface area contributed by atoms with Crippen LogP contribution in [0.3, 0.4) is 0 Å². The highest BCUT2D eigenvalue weighted by molar-refractivity contribution is 6.00. The predicted molar refractivity (Wildman–Crippen MR) is 103 cm³/mol. The van der Waals surface area contributed by atoms with Crippen LogP contribution < -0.4 is 20.7 Å². The molecule has 6 heteroatoms. The Kier molecular flexibility index (Phi) is 7.10. The third-order valence-electron chi connectivity index (χ3n) is 4.17. The van der Waals surface area contributed by atoms with Gasteiger partial charge in [0.25, 0.3) is 5.91 Å². The van der Waals surface area contributed by atoms with Gasteiger partial charge in [-0.25, -0.2) is 0 Å². The second kappa shape index (κ2) is 9.30. The van der Waals surface area contributed by atoms with Gasteiger partial charge in [0.1, 0.15) is 5.75 Å². The average Bonchev–Trinajstić information content (AvgIpc) is 2.63. The Labute approximate surface area is 154 Å². The lowest BCUT2D eigenvalue weighted by Gasteiger charge is -2.24. The van der Waals surface area contributed by atoms with E-state index in [1.807, 2.05) is 48.5 Å². The molecule has 1 saturated heterocycles. The van der Waals surface area contributed by atoms with Crippen LogP contribution in [0.25, 0.3) is 0 Å². The number of halogens is 1. The number of nitrogens with one attached hydrogen (secondary N) is 3. The van der Waals surface area contributed by atoms with Crippen LogP contribution in [-0.2, 0) is 0 Å². The molecule has 1 unspecified atom stereocenters. The number of methoxy groups -OCH3 is 1. The van der Waals surface area contributed by atoms with Crippen molar-refractivity contribution < 1.29 is 9.53 Å². The van der Waals surface area contributed by atoms with Crippen molar-refractivity contribution in [2.75, 3.05) is 25.5 Å². The molecule has 0 aliphatic carbocycles. The number of anilines is 2. The molecule has 1 aliphatic rings. The van der Waals surface area contributed by atoms with Crippen LogP contribution in [-0.4, -0.2) is 32.1 Å². The number of hydrogen-bond donors (Lipinski definition) is 3. The number of carbonyl (C=O) groups excluding carboxylic acids is 1. The lowest BCUT2D eigenvalue weighted by molar-refractivity contribution is 0.0931. The fraction of sp³-hybridized carbons (Fsp3) is 0.316. The maximum Gasteiger partial charge on any atom is 0.253 e. The van der Waals surface area contributed by atoms with E-state index in [9.17, 15) is 4.79 Å². The molecule has 0 saturated carbocycles. The van der Waals surface area contributed by atoms with E-state index >= 15 is 0 Å². The monoisotopic (exact) mass is 361 g/mol. The molecule has 0 aromatic heterocycles. The Morgan fingerprint density at radius 3 is 2.60 bits per heavy atom. The SMILES string of the molecule is COc1ccc(Nc2ccccc2C(=O)NC2CCCNC2)cc1.Cl. The van der Waals surface area contributed by atoms with Crippen molar-refractivity contribution in [1.82, 2.24) is 10.6 Å². The second-order valence-electron chi connectivity index (χ2n) is 5.92. The van der Waals surface area contributed by atoms with Gasteiger partial charge in [-0.3, -0.25) is 4.79 Å². The molecule has 0 spiro atoms.